The third-order valence-electron chi connectivity index (χ3n) is 2.66. The number of amides is 2. The summed E-state index contributed by atoms with van der Waals surface area (Å²) in [6.07, 6.45) is -0.298. The lowest BCUT2D eigenvalue weighted by atomic mass is 10.1. The molecular weight excluding hydrogens is 234 g/mol. The van der Waals surface area contributed by atoms with Crippen LogP contribution in [0.3, 0.4) is 0 Å². The van der Waals surface area contributed by atoms with Gasteiger partial charge in [0.25, 0.3) is 0 Å². The minimum Gasteiger partial charge on any atom is -0.444 e. The van der Waals surface area contributed by atoms with Gasteiger partial charge >= 0.3 is 6.09 Å². The average Bonchev–Trinajstić information content (AvgIpc) is 2.18. The van der Waals surface area contributed by atoms with Crippen molar-refractivity contribution in [2.45, 2.75) is 45.4 Å². The third kappa shape index (κ3) is 4.18. The van der Waals surface area contributed by atoms with E-state index in [2.05, 4.69) is 10.6 Å². The van der Waals surface area contributed by atoms with Gasteiger partial charge in [-0.2, -0.15) is 0 Å². The van der Waals surface area contributed by atoms with E-state index in [4.69, 9.17) is 4.74 Å². The first-order valence-electron chi connectivity index (χ1n) is 6.18. The van der Waals surface area contributed by atoms with E-state index >= 15 is 0 Å². The largest absolute Gasteiger partial charge is 0.444 e. The fourth-order valence-electron chi connectivity index (χ4n) is 1.71. The van der Waals surface area contributed by atoms with Gasteiger partial charge in [-0.1, -0.05) is 0 Å². The Morgan fingerprint density at radius 3 is 2.33 bits per heavy atom. The van der Waals surface area contributed by atoms with Gasteiger partial charge in [0.15, 0.2) is 0 Å². The lowest BCUT2D eigenvalue weighted by molar-refractivity contribution is -0.122. The number of nitrogens with one attached hydrogen (secondary N) is 2. The number of likely N-dealkylation sites (tertiary alicyclic amines) is 1. The second-order valence-corrected chi connectivity index (χ2v) is 5.58. The maximum atomic E-state index is 11.7. The number of carbonyl (C=O) groups excluding carboxylic acids is 2. The summed E-state index contributed by atoms with van der Waals surface area (Å²) in [6, 6.07) is -0.0920. The highest BCUT2D eigenvalue weighted by Crippen LogP contribution is 2.15. The summed E-state index contributed by atoms with van der Waals surface area (Å²) in [4.78, 5) is 24.6. The van der Waals surface area contributed by atoms with E-state index in [9.17, 15) is 9.59 Å². The van der Waals surface area contributed by atoms with Crippen molar-refractivity contribution in [2.24, 2.45) is 0 Å². The van der Waals surface area contributed by atoms with Gasteiger partial charge in [0.05, 0.1) is 6.04 Å². The van der Waals surface area contributed by atoms with E-state index < -0.39 is 5.60 Å². The van der Waals surface area contributed by atoms with Crippen molar-refractivity contribution in [3.8, 4) is 0 Å². The summed E-state index contributed by atoms with van der Waals surface area (Å²) in [5, 5.41) is 5.73. The first kappa shape index (κ1) is 14.8. The van der Waals surface area contributed by atoms with Gasteiger partial charge in [0, 0.05) is 26.2 Å². The van der Waals surface area contributed by atoms with Crippen molar-refractivity contribution in [1.82, 2.24) is 15.5 Å². The molecule has 1 aliphatic heterocycles. The molecular formula is C12H23N3O3. The minimum atomic E-state index is -0.467. The average molecular weight is 257 g/mol. The summed E-state index contributed by atoms with van der Waals surface area (Å²) >= 11 is 0. The standard InChI is InChI=1S/C12H23N3O3/c1-8(10(16)13-5)14-9-6-15(7-9)11(17)18-12(2,3)4/h8-9,14H,6-7H2,1-5H3,(H,13,16). The van der Waals surface area contributed by atoms with Crippen LogP contribution in [-0.4, -0.2) is 54.7 Å². The summed E-state index contributed by atoms with van der Waals surface area (Å²) in [7, 11) is 1.61. The second kappa shape index (κ2) is 5.56. The van der Waals surface area contributed by atoms with Crippen LogP contribution in [0.2, 0.25) is 0 Å². The minimum absolute atomic E-state index is 0.0503. The Kier molecular flexibility index (Phi) is 4.56. The van der Waals surface area contributed by atoms with Crippen LogP contribution in [0.1, 0.15) is 27.7 Å². The molecule has 0 aromatic heterocycles. The molecule has 0 aliphatic carbocycles. The van der Waals surface area contributed by atoms with Crippen LogP contribution in [-0.2, 0) is 9.53 Å². The van der Waals surface area contributed by atoms with Gasteiger partial charge in [-0.15, -0.1) is 0 Å². The lowest BCUT2D eigenvalue weighted by Gasteiger charge is -2.41. The lowest BCUT2D eigenvalue weighted by Crippen LogP contribution is -2.63. The van der Waals surface area contributed by atoms with Crippen molar-refractivity contribution in [3.05, 3.63) is 0 Å². The molecule has 1 fully saturated rings. The molecule has 0 aromatic carbocycles. The van der Waals surface area contributed by atoms with Gasteiger partial charge in [-0.05, 0) is 27.7 Å². The summed E-state index contributed by atoms with van der Waals surface area (Å²) in [5.74, 6) is -0.0503. The molecule has 1 saturated heterocycles. The molecule has 0 saturated carbocycles. The van der Waals surface area contributed by atoms with Gasteiger partial charge in [0.1, 0.15) is 5.60 Å². The fraction of sp³-hybridized carbons (Fsp3) is 0.833. The van der Waals surface area contributed by atoms with E-state index in [0.717, 1.165) is 0 Å². The monoisotopic (exact) mass is 257 g/mol. The number of likely N-dealkylation sites (N-methyl/N-ethyl adjacent to an activating group) is 1. The summed E-state index contributed by atoms with van der Waals surface area (Å²) in [5.41, 5.74) is -0.467. The first-order chi connectivity index (χ1) is 8.23. The molecule has 0 aromatic rings. The number of hydrogen-bond acceptors (Lipinski definition) is 4. The van der Waals surface area contributed by atoms with E-state index in [1.54, 1.807) is 18.9 Å². The number of rotatable bonds is 3. The summed E-state index contributed by atoms with van der Waals surface area (Å²) in [6.45, 7) is 8.48. The molecule has 1 rings (SSSR count). The van der Waals surface area contributed by atoms with Gasteiger partial charge in [0.2, 0.25) is 5.91 Å². The van der Waals surface area contributed by atoms with Crippen LogP contribution >= 0.6 is 0 Å². The maximum Gasteiger partial charge on any atom is 0.410 e. The van der Waals surface area contributed by atoms with Crippen molar-refractivity contribution in [1.29, 1.82) is 0 Å². The second-order valence-electron chi connectivity index (χ2n) is 5.58. The Morgan fingerprint density at radius 2 is 1.89 bits per heavy atom. The molecule has 2 N–H and O–H groups in total. The number of carbonyl (C=O) groups is 2. The smallest absolute Gasteiger partial charge is 0.410 e. The highest BCUT2D eigenvalue weighted by molar-refractivity contribution is 5.81. The Hall–Kier alpha value is -1.30. The van der Waals surface area contributed by atoms with Crippen LogP contribution in [0.4, 0.5) is 4.79 Å². The number of hydrogen-bond donors (Lipinski definition) is 2. The van der Waals surface area contributed by atoms with Gasteiger partial charge in [-0.3, -0.25) is 10.1 Å². The van der Waals surface area contributed by atoms with Crippen molar-refractivity contribution < 1.29 is 14.3 Å². The molecule has 104 valence electrons. The van der Waals surface area contributed by atoms with E-state index in [1.807, 2.05) is 20.8 Å². The fourth-order valence-corrected chi connectivity index (χ4v) is 1.71. The Balaban J connectivity index is 2.28. The van der Waals surface area contributed by atoms with Gasteiger partial charge in [-0.25, -0.2) is 4.79 Å². The molecule has 0 bridgehead atoms. The van der Waals surface area contributed by atoms with E-state index in [0.29, 0.717) is 13.1 Å². The summed E-state index contributed by atoms with van der Waals surface area (Å²) < 4.78 is 5.24. The van der Waals surface area contributed by atoms with Gasteiger partial charge < -0.3 is 15.0 Å². The topological polar surface area (TPSA) is 70.7 Å². The normalized spacial score (nSPS) is 17.9. The first-order valence-corrected chi connectivity index (χ1v) is 6.18. The van der Waals surface area contributed by atoms with Crippen LogP contribution in [0.5, 0.6) is 0 Å². The predicted octanol–water partition coefficient (Wildman–Crippen LogP) is 0.330. The molecule has 1 aliphatic rings. The van der Waals surface area contributed by atoms with E-state index in [-0.39, 0.29) is 24.1 Å². The molecule has 2 amide bonds. The number of ether oxygens (including phenoxy) is 1. The van der Waals surface area contributed by atoms with Crippen molar-refractivity contribution >= 4 is 12.0 Å². The highest BCUT2D eigenvalue weighted by Gasteiger charge is 2.34. The van der Waals surface area contributed by atoms with Crippen LogP contribution < -0.4 is 10.6 Å². The zero-order valence-corrected chi connectivity index (χ0v) is 11.7. The quantitative estimate of drug-likeness (QED) is 0.764. The van der Waals surface area contributed by atoms with Crippen LogP contribution in [0.25, 0.3) is 0 Å². The molecule has 6 heteroatoms. The SMILES string of the molecule is CNC(=O)C(C)NC1CN(C(=O)OC(C)(C)C)C1. The Morgan fingerprint density at radius 1 is 1.33 bits per heavy atom. The predicted molar refractivity (Wildman–Crippen MR) is 68.3 cm³/mol. The molecule has 1 atom stereocenters. The Bertz CT molecular complexity index is 319. The molecule has 18 heavy (non-hydrogen) atoms. The van der Waals surface area contributed by atoms with Crippen molar-refractivity contribution in [3.63, 3.8) is 0 Å². The number of nitrogens with zero attached hydrogens (tertiary/aromatic N) is 1. The van der Waals surface area contributed by atoms with E-state index in [1.165, 1.54) is 0 Å². The van der Waals surface area contributed by atoms with Crippen LogP contribution in [0.15, 0.2) is 0 Å². The maximum absolute atomic E-state index is 11.7. The van der Waals surface area contributed by atoms with Crippen molar-refractivity contribution in [2.75, 3.05) is 20.1 Å². The molecule has 0 radical (unpaired) electrons. The molecule has 0 spiro atoms. The highest BCUT2D eigenvalue weighted by atomic mass is 16.6. The molecule has 1 unspecified atom stereocenters. The third-order valence-corrected chi connectivity index (χ3v) is 2.66. The molecule has 1 heterocycles. The zero-order chi connectivity index (χ0) is 13.9. The Labute approximate surface area is 108 Å². The zero-order valence-electron chi connectivity index (χ0n) is 11.7. The van der Waals surface area contributed by atoms with Crippen LogP contribution in [0, 0.1) is 0 Å². The molecule has 6 nitrogen and oxygen atoms in total.